The molecule has 1 aliphatic heterocycles. The molecule has 2 rings (SSSR count). The van der Waals surface area contributed by atoms with Gasteiger partial charge in [-0.25, -0.2) is 0 Å². The average Bonchev–Trinajstić information content (AvgIpc) is 2.46. The number of Topliss-reactive ketones (excluding diaryl/α,β-unsaturated/α-hetero) is 1. The van der Waals surface area contributed by atoms with Crippen LogP contribution in [0.4, 0.5) is 5.69 Å². The number of halogens is 1. The molecule has 0 aliphatic carbocycles. The van der Waals surface area contributed by atoms with Gasteiger partial charge in [0.1, 0.15) is 5.75 Å². The van der Waals surface area contributed by atoms with Crippen molar-refractivity contribution in [3.05, 3.63) is 23.8 Å². The number of carbonyl (C=O) groups is 2. The number of amides is 1. The number of hydrogen-bond acceptors (Lipinski definition) is 4. The van der Waals surface area contributed by atoms with Gasteiger partial charge in [-0.1, -0.05) is 0 Å². The molecule has 0 saturated carbocycles. The zero-order valence-corrected chi connectivity index (χ0v) is 14.1. The van der Waals surface area contributed by atoms with Gasteiger partial charge in [-0.2, -0.15) is 0 Å². The van der Waals surface area contributed by atoms with Crippen molar-refractivity contribution in [3.8, 4) is 5.75 Å². The van der Waals surface area contributed by atoms with Crippen LogP contribution in [0.2, 0.25) is 0 Å². The molecule has 0 spiro atoms. The van der Waals surface area contributed by atoms with Crippen molar-refractivity contribution in [1.82, 2.24) is 4.90 Å². The van der Waals surface area contributed by atoms with E-state index >= 15 is 0 Å². The Kier molecular flexibility index (Phi) is 4.78. The Morgan fingerprint density at radius 1 is 1.36 bits per heavy atom. The maximum absolute atomic E-state index is 12.6. The van der Waals surface area contributed by atoms with Crippen LogP contribution < -0.4 is 9.64 Å². The highest BCUT2D eigenvalue weighted by Gasteiger charge is 2.40. The van der Waals surface area contributed by atoms with Gasteiger partial charge in [-0.3, -0.25) is 9.59 Å². The summed E-state index contributed by atoms with van der Waals surface area (Å²) in [6, 6.07) is 5.09. The van der Waals surface area contributed by atoms with Gasteiger partial charge in [0.05, 0.1) is 11.6 Å². The van der Waals surface area contributed by atoms with E-state index in [-0.39, 0.29) is 17.6 Å². The highest BCUT2D eigenvalue weighted by molar-refractivity contribution is 6.30. The van der Waals surface area contributed by atoms with Gasteiger partial charge in [0.15, 0.2) is 11.4 Å². The fourth-order valence-corrected chi connectivity index (χ4v) is 2.49. The van der Waals surface area contributed by atoms with Gasteiger partial charge in [-0.05, 0) is 46.1 Å². The number of ketones is 1. The number of anilines is 1. The molecule has 1 aromatic carbocycles. The van der Waals surface area contributed by atoms with Crippen molar-refractivity contribution in [3.63, 3.8) is 0 Å². The number of hydrogen-bond donors (Lipinski definition) is 0. The van der Waals surface area contributed by atoms with E-state index < -0.39 is 5.60 Å². The van der Waals surface area contributed by atoms with Crippen molar-refractivity contribution in [2.45, 2.75) is 19.4 Å². The van der Waals surface area contributed by atoms with Gasteiger partial charge >= 0.3 is 0 Å². The third-order valence-electron chi connectivity index (χ3n) is 3.59. The van der Waals surface area contributed by atoms with Gasteiger partial charge in [0.2, 0.25) is 0 Å². The van der Waals surface area contributed by atoms with Crippen molar-refractivity contribution < 1.29 is 14.3 Å². The van der Waals surface area contributed by atoms with Gasteiger partial charge < -0.3 is 14.5 Å². The van der Waals surface area contributed by atoms with Crippen LogP contribution in [-0.2, 0) is 4.79 Å². The molecule has 5 nitrogen and oxygen atoms in total. The molecular weight excluding hydrogens is 304 g/mol. The Labute approximate surface area is 135 Å². The third kappa shape index (κ3) is 3.25. The van der Waals surface area contributed by atoms with Crippen molar-refractivity contribution in [2.24, 2.45) is 0 Å². The smallest absolute Gasteiger partial charge is 0.270 e. The molecule has 22 heavy (non-hydrogen) atoms. The molecule has 6 heteroatoms. The minimum Gasteiger partial charge on any atom is -0.476 e. The molecule has 0 atom stereocenters. The van der Waals surface area contributed by atoms with E-state index in [4.69, 9.17) is 16.3 Å². The summed E-state index contributed by atoms with van der Waals surface area (Å²) in [5, 5.41) is 0. The molecule has 0 unspecified atom stereocenters. The summed E-state index contributed by atoms with van der Waals surface area (Å²) < 4.78 is 5.79. The third-order valence-corrected chi connectivity index (χ3v) is 3.83. The average molecular weight is 325 g/mol. The quantitative estimate of drug-likeness (QED) is 0.615. The first kappa shape index (κ1) is 16.8. The summed E-state index contributed by atoms with van der Waals surface area (Å²) >= 11 is 5.61. The Balaban J connectivity index is 2.44. The molecule has 0 N–H and O–H groups in total. The summed E-state index contributed by atoms with van der Waals surface area (Å²) in [5.41, 5.74) is 0.194. The van der Waals surface area contributed by atoms with Crippen molar-refractivity contribution in [1.29, 1.82) is 0 Å². The number of carbonyl (C=O) groups excluding carboxylic acids is 2. The second-order valence-corrected chi connectivity index (χ2v) is 6.38. The summed E-state index contributed by atoms with van der Waals surface area (Å²) in [5.74, 6) is 0.234. The van der Waals surface area contributed by atoms with Gasteiger partial charge in [-0.15, -0.1) is 11.6 Å². The lowest BCUT2D eigenvalue weighted by atomic mass is 10.0. The van der Waals surface area contributed by atoms with E-state index in [1.54, 1.807) is 36.9 Å². The van der Waals surface area contributed by atoms with Crippen LogP contribution >= 0.6 is 11.6 Å². The lowest BCUT2D eigenvalue weighted by Gasteiger charge is -2.39. The fourth-order valence-electron chi connectivity index (χ4n) is 2.34. The largest absolute Gasteiger partial charge is 0.476 e. The summed E-state index contributed by atoms with van der Waals surface area (Å²) in [7, 11) is 3.90. The number of rotatable bonds is 5. The summed E-state index contributed by atoms with van der Waals surface area (Å²) in [6.07, 6.45) is 0. The predicted octanol–water partition coefficient (Wildman–Crippen LogP) is 2.17. The van der Waals surface area contributed by atoms with Crippen LogP contribution in [0.5, 0.6) is 5.75 Å². The minimum atomic E-state index is -0.919. The van der Waals surface area contributed by atoms with Crippen LogP contribution in [0.25, 0.3) is 0 Å². The fraction of sp³-hybridized carbons (Fsp3) is 0.500. The Morgan fingerprint density at radius 3 is 2.64 bits per heavy atom. The topological polar surface area (TPSA) is 49.9 Å². The van der Waals surface area contributed by atoms with Gasteiger partial charge in [0.25, 0.3) is 5.91 Å². The van der Waals surface area contributed by atoms with Crippen LogP contribution in [0.3, 0.4) is 0 Å². The molecule has 1 aliphatic rings. The molecule has 1 amide bonds. The number of likely N-dealkylation sites (N-methyl/N-ethyl adjacent to an activating group) is 1. The van der Waals surface area contributed by atoms with Crippen molar-refractivity contribution in [2.75, 3.05) is 38.0 Å². The molecule has 0 aromatic heterocycles. The van der Waals surface area contributed by atoms with E-state index in [0.717, 1.165) is 6.54 Å². The minimum absolute atomic E-state index is 0.0865. The molecular formula is C16H21ClN2O3. The lowest BCUT2D eigenvalue weighted by molar-refractivity contribution is -0.132. The molecule has 120 valence electrons. The highest BCUT2D eigenvalue weighted by Crippen LogP contribution is 2.38. The van der Waals surface area contributed by atoms with E-state index in [9.17, 15) is 9.59 Å². The van der Waals surface area contributed by atoms with E-state index in [1.807, 2.05) is 19.0 Å². The zero-order chi connectivity index (χ0) is 16.5. The zero-order valence-electron chi connectivity index (χ0n) is 13.4. The maximum atomic E-state index is 12.6. The summed E-state index contributed by atoms with van der Waals surface area (Å²) in [4.78, 5) is 28.1. The van der Waals surface area contributed by atoms with Crippen LogP contribution in [0.1, 0.15) is 24.2 Å². The number of fused-ring (bicyclic) bond motifs is 1. The predicted molar refractivity (Wildman–Crippen MR) is 87.1 cm³/mol. The van der Waals surface area contributed by atoms with E-state index in [2.05, 4.69) is 0 Å². The van der Waals surface area contributed by atoms with Gasteiger partial charge in [0, 0.05) is 18.7 Å². The van der Waals surface area contributed by atoms with E-state index in [0.29, 0.717) is 23.5 Å². The maximum Gasteiger partial charge on any atom is 0.270 e. The normalized spacial score (nSPS) is 16.5. The second-order valence-electron chi connectivity index (χ2n) is 6.11. The van der Waals surface area contributed by atoms with Crippen LogP contribution in [0, 0.1) is 0 Å². The highest BCUT2D eigenvalue weighted by atomic mass is 35.5. The standard InChI is InChI=1S/C16H21ClN2O3/c1-16(2)15(21)19(8-7-18(3)4)12-9-11(13(20)10-17)5-6-14(12)22-16/h5-6,9H,7-8,10H2,1-4H3. The monoisotopic (exact) mass is 324 g/mol. The van der Waals surface area contributed by atoms with Crippen LogP contribution in [0.15, 0.2) is 18.2 Å². The molecule has 0 fully saturated rings. The summed E-state index contributed by atoms with van der Waals surface area (Å²) in [6.45, 7) is 4.75. The first-order valence-electron chi connectivity index (χ1n) is 7.15. The Hall–Kier alpha value is -1.59. The van der Waals surface area contributed by atoms with E-state index in [1.165, 1.54) is 0 Å². The number of benzene rings is 1. The number of ether oxygens (including phenoxy) is 1. The number of alkyl halides is 1. The molecule has 0 saturated heterocycles. The molecule has 0 radical (unpaired) electrons. The van der Waals surface area contributed by atoms with Crippen molar-refractivity contribution >= 4 is 29.0 Å². The molecule has 1 heterocycles. The first-order chi connectivity index (χ1) is 10.3. The Morgan fingerprint density at radius 2 is 2.05 bits per heavy atom. The second kappa shape index (κ2) is 6.26. The molecule has 1 aromatic rings. The lowest BCUT2D eigenvalue weighted by Crippen LogP contribution is -2.53. The number of nitrogens with zero attached hydrogens (tertiary/aromatic N) is 2. The van der Waals surface area contributed by atoms with Crippen LogP contribution in [-0.4, -0.2) is 55.3 Å². The Bertz CT molecular complexity index is 599. The molecule has 0 bridgehead atoms. The first-order valence-corrected chi connectivity index (χ1v) is 7.68. The SMILES string of the molecule is CN(C)CCN1C(=O)C(C)(C)Oc2ccc(C(=O)CCl)cc21.